The predicted octanol–water partition coefficient (Wildman–Crippen LogP) is 0.905. The molecule has 1 aliphatic carbocycles. The highest BCUT2D eigenvalue weighted by Crippen LogP contribution is 2.40. The Hall–Kier alpha value is -2.94. The zero-order valence-electron chi connectivity index (χ0n) is 18.1. The van der Waals surface area contributed by atoms with E-state index in [-0.39, 0.29) is 30.2 Å². The van der Waals surface area contributed by atoms with Gasteiger partial charge in [0.1, 0.15) is 11.9 Å². The Morgan fingerprint density at radius 3 is 2.44 bits per heavy atom. The maximum atomic E-state index is 13.3. The zero-order chi connectivity index (χ0) is 22.8. The third kappa shape index (κ3) is 4.48. The van der Waals surface area contributed by atoms with Gasteiger partial charge >= 0.3 is 5.97 Å². The van der Waals surface area contributed by atoms with Crippen LogP contribution in [0.4, 0.5) is 0 Å². The second-order valence-electron chi connectivity index (χ2n) is 9.09. The predicted molar refractivity (Wildman–Crippen MR) is 118 cm³/mol. The van der Waals surface area contributed by atoms with Gasteiger partial charge in [0.2, 0.25) is 11.8 Å². The first-order chi connectivity index (χ1) is 15.3. The third-order valence-corrected chi connectivity index (χ3v) is 7.16. The Morgan fingerprint density at radius 1 is 1.09 bits per heavy atom. The summed E-state index contributed by atoms with van der Waals surface area (Å²) in [6, 6.07) is 6.29. The number of hydrogen-bond acceptors (Lipinski definition) is 5. The first kappa shape index (κ1) is 22.3. The molecule has 2 aliphatic heterocycles. The summed E-state index contributed by atoms with van der Waals surface area (Å²) in [4.78, 5) is 41.0. The molecule has 32 heavy (non-hydrogen) atoms. The fourth-order valence-electron chi connectivity index (χ4n) is 5.40. The van der Waals surface area contributed by atoms with E-state index in [1.165, 1.54) is 0 Å². The molecular formula is C23H31N5O4. The number of carboxylic acid groups (broad SMARTS) is 1. The van der Waals surface area contributed by atoms with Crippen LogP contribution < -0.4 is 11.1 Å². The summed E-state index contributed by atoms with van der Waals surface area (Å²) in [5.41, 5.74) is 6.97. The van der Waals surface area contributed by atoms with E-state index in [2.05, 4.69) is 5.32 Å². The molecule has 1 aromatic carbocycles. The van der Waals surface area contributed by atoms with Gasteiger partial charge in [0.15, 0.2) is 0 Å². The van der Waals surface area contributed by atoms with Crippen LogP contribution in [-0.2, 0) is 20.9 Å². The number of hydrogen-bond donors (Lipinski definition) is 4. The van der Waals surface area contributed by atoms with Crippen molar-refractivity contribution in [3.63, 3.8) is 0 Å². The van der Waals surface area contributed by atoms with E-state index in [9.17, 15) is 19.5 Å². The Morgan fingerprint density at radius 2 is 1.81 bits per heavy atom. The van der Waals surface area contributed by atoms with Crippen molar-refractivity contribution in [3.8, 4) is 0 Å². The lowest BCUT2D eigenvalue weighted by Crippen LogP contribution is -2.62. The van der Waals surface area contributed by atoms with E-state index < -0.39 is 18.1 Å². The van der Waals surface area contributed by atoms with Crippen LogP contribution in [0.5, 0.6) is 0 Å². The molecule has 0 spiro atoms. The lowest BCUT2D eigenvalue weighted by molar-refractivity contribution is -0.152. The van der Waals surface area contributed by atoms with E-state index in [0.29, 0.717) is 37.4 Å². The van der Waals surface area contributed by atoms with E-state index in [1.807, 2.05) is 17.0 Å². The smallest absolute Gasteiger partial charge is 0.317 e. The molecule has 3 fully saturated rings. The summed E-state index contributed by atoms with van der Waals surface area (Å²) in [6.45, 7) is 0.726. The molecule has 4 rings (SSSR count). The molecule has 2 saturated heterocycles. The Labute approximate surface area is 187 Å². The molecule has 0 aromatic heterocycles. The first-order valence-corrected chi connectivity index (χ1v) is 11.3. The second-order valence-corrected chi connectivity index (χ2v) is 9.09. The normalized spacial score (nSPS) is 27.3. The highest BCUT2D eigenvalue weighted by molar-refractivity contribution is 5.95. The number of carboxylic acids is 1. The number of fused-ring (bicyclic) bond motifs is 1. The lowest BCUT2D eigenvalue weighted by atomic mass is 9.84. The maximum Gasteiger partial charge on any atom is 0.317 e. The van der Waals surface area contributed by atoms with Crippen molar-refractivity contribution < 1.29 is 19.5 Å². The standard InChI is InChI=1S/C23H31N5O4/c24-21(25)15-7-5-14(6-8-15)12-26-22(31)18-9-10-27(18)23(32)19-11-16-3-1-2-4-17(16)28(19)13-20(29)30/h5-8,16-19H,1-4,9-13H2,(H3,24,25)(H,26,31)(H,29,30)/t16?,17?,18-,19+/m0/s1. The monoisotopic (exact) mass is 441 g/mol. The first-order valence-electron chi connectivity index (χ1n) is 11.3. The molecule has 0 radical (unpaired) electrons. The molecule has 3 aliphatic rings. The minimum atomic E-state index is -0.914. The van der Waals surface area contributed by atoms with Gasteiger partial charge in [0.05, 0.1) is 12.6 Å². The molecule has 0 bridgehead atoms. The highest BCUT2D eigenvalue weighted by atomic mass is 16.4. The fraction of sp³-hybridized carbons (Fsp3) is 0.565. The van der Waals surface area contributed by atoms with Gasteiger partial charge in [-0.15, -0.1) is 0 Å². The molecule has 2 amide bonds. The number of aliphatic carboxylic acids is 1. The van der Waals surface area contributed by atoms with Crippen molar-refractivity contribution in [1.82, 2.24) is 15.1 Å². The fourth-order valence-corrected chi connectivity index (χ4v) is 5.40. The van der Waals surface area contributed by atoms with Gasteiger partial charge in [0, 0.05) is 24.7 Å². The number of nitrogens with one attached hydrogen (secondary N) is 2. The molecular weight excluding hydrogens is 410 g/mol. The van der Waals surface area contributed by atoms with Crippen LogP contribution in [0.25, 0.3) is 0 Å². The number of rotatable bonds is 7. The van der Waals surface area contributed by atoms with E-state index in [1.54, 1.807) is 17.0 Å². The number of nitrogens with two attached hydrogens (primary N) is 1. The van der Waals surface area contributed by atoms with Crippen molar-refractivity contribution in [2.24, 2.45) is 11.7 Å². The van der Waals surface area contributed by atoms with Gasteiger partial charge in [-0.3, -0.25) is 24.7 Å². The summed E-state index contributed by atoms with van der Waals surface area (Å²) in [6.07, 6.45) is 5.47. The van der Waals surface area contributed by atoms with Crippen LogP contribution in [0, 0.1) is 11.3 Å². The average Bonchev–Trinajstić information content (AvgIpc) is 3.09. The molecule has 1 saturated carbocycles. The number of amidine groups is 1. The van der Waals surface area contributed by atoms with Crippen LogP contribution in [0.15, 0.2) is 24.3 Å². The van der Waals surface area contributed by atoms with Crippen LogP contribution in [0.2, 0.25) is 0 Å². The number of carbonyl (C=O) groups excluding carboxylic acids is 2. The lowest BCUT2D eigenvalue weighted by Gasteiger charge is -2.42. The van der Waals surface area contributed by atoms with Crippen LogP contribution in [0.3, 0.4) is 0 Å². The Bertz CT molecular complexity index is 902. The molecule has 9 nitrogen and oxygen atoms in total. The van der Waals surface area contributed by atoms with Crippen molar-refractivity contribution in [2.45, 2.75) is 63.2 Å². The molecule has 4 atom stereocenters. The van der Waals surface area contributed by atoms with Gasteiger partial charge in [-0.1, -0.05) is 37.1 Å². The minimum Gasteiger partial charge on any atom is -0.480 e. The quantitative estimate of drug-likeness (QED) is 0.366. The average molecular weight is 442 g/mol. The van der Waals surface area contributed by atoms with Crippen molar-refractivity contribution >= 4 is 23.6 Å². The van der Waals surface area contributed by atoms with Crippen LogP contribution >= 0.6 is 0 Å². The summed E-state index contributed by atoms with van der Waals surface area (Å²) < 4.78 is 0. The van der Waals surface area contributed by atoms with Gasteiger partial charge in [-0.2, -0.15) is 0 Å². The number of nitrogen functional groups attached to an aromatic ring is 1. The minimum absolute atomic E-state index is 0.00657. The van der Waals surface area contributed by atoms with Crippen molar-refractivity contribution in [3.05, 3.63) is 35.4 Å². The van der Waals surface area contributed by atoms with E-state index >= 15 is 0 Å². The maximum absolute atomic E-state index is 13.3. The number of benzene rings is 1. The highest BCUT2D eigenvalue weighted by Gasteiger charge is 2.49. The van der Waals surface area contributed by atoms with Gasteiger partial charge in [-0.05, 0) is 37.2 Å². The summed E-state index contributed by atoms with van der Waals surface area (Å²) in [5.74, 6) is -0.863. The second kappa shape index (κ2) is 9.28. The van der Waals surface area contributed by atoms with Gasteiger partial charge in [0.25, 0.3) is 0 Å². The van der Waals surface area contributed by atoms with Crippen molar-refractivity contribution in [2.75, 3.05) is 13.1 Å². The molecule has 1 aromatic rings. The zero-order valence-corrected chi connectivity index (χ0v) is 18.1. The SMILES string of the molecule is N=C(N)c1ccc(CNC(=O)[C@@H]2CCN2C(=O)[C@H]2CC3CCCCC3N2CC(=O)O)cc1. The van der Waals surface area contributed by atoms with E-state index in [4.69, 9.17) is 11.1 Å². The summed E-state index contributed by atoms with van der Waals surface area (Å²) in [7, 11) is 0. The van der Waals surface area contributed by atoms with Gasteiger partial charge in [-0.25, -0.2) is 0 Å². The molecule has 2 unspecified atom stereocenters. The number of carbonyl (C=O) groups is 3. The molecule has 172 valence electrons. The topological polar surface area (TPSA) is 140 Å². The number of likely N-dealkylation sites (tertiary alicyclic amines) is 2. The molecule has 9 heteroatoms. The summed E-state index contributed by atoms with van der Waals surface area (Å²) >= 11 is 0. The Kier molecular flexibility index (Phi) is 6.45. The number of nitrogens with zero attached hydrogens (tertiary/aromatic N) is 2. The van der Waals surface area contributed by atoms with Gasteiger partial charge < -0.3 is 21.1 Å². The third-order valence-electron chi connectivity index (χ3n) is 7.16. The summed E-state index contributed by atoms with van der Waals surface area (Å²) in [5, 5.41) is 19.7. The van der Waals surface area contributed by atoms with E-state index in [0.717, 1.165) is 31.2 Å². The van der Waals surface area contributed by atoms with Crippen molar-refractivity contribution in [1.29, 1.82) is 5.41 Å². The van der Waals surface area contributed by atoms with Crippen LogP contribution in [-0.4, -0.2) is 69.7 Å². The Balaban J connectivity index is 1.37. The van der Waals surface area contributed by atoms with Crippen LogP contribution in [0.1, 0.15) is 49.7 Å². The molecule has 2 heterocycles. The number of amides is 2. The largest absolute Gasteiger partial charge is 0.480 e. The molecule has 5 N–H and O–H groups in total.